The van der Waals surface area contributed by atoms with Crippen LogP contribution >= 0.6 is 0 Å². The molecule has 1 aliphatic rings. The van der Waals surface area contributed by atoms with Crippen LogP contribution in [0.4, 0.5) is 27.2 Å². The van der Waals surface area contributed by atoms with Gasteiger partial charge in [0.25, 0.3) is 0 Å². The van der Waals surface area contributed by atoms with Gasteiger partial charge in [-0.05, 0) is 65.3 Å². The molecule has 0 unspecified atom stereocenters. The predicted octanol–water partition coefficient (Wildman–Crippen LogP) is 4.82. The summed E-state index contributed by atoms with van der Waals surface area (Å²) in [7, 11) is 0. The van der Waals surface area contributed by atoms with Crippen LogP contribution in [-0.2, 0) is 21.2 Å². The van der Waals surface area contributed by atoms with Gasteiger partial charge in [-0.2, -0.15) is 13.2 Å². The lowest BCUT2D eigenvalue weighted by atomic mass is 9.79. The van der Waals surface area contributed by atoms with Crippen LogP contribution in [-0.4, -0.2) is 41.4 Å². The van der Waals surface area contributed by atoms with Crippen LogP contribution < -0.4 is 5.32 Å². The molecule has 0 spiro atoms. The maximum Gasteiger partial charge on any atom is 0.416 e. The van der Waals surface area contributed by atoms with Crippen molar-refractivity contribution in [2.45, 2.75) is 64.5 Å². The molecule has 1 aromatic rings. The highest BCUT2D eigenvalue weighted by Gasteiger charge is 2.53. The van der Waals surface area contributed by atoms with Crippen LogP contribution in [0.3, 0.4) is 0 Å². The fourth-order valence-corrected chi connectivity index (χ4v) is 3.04. The van der Waals surface area contributed by atoms with Gasteiger partial charge < -0.3 is 19.7 Å². The summed E-state index contributed by atoms with van der Waals surface area (Å²) < 4.78 is 65.0. The zero-order chi connectivity index (χ0) is 23.1. The van der Waals surface area contributed by atoms with Gasteiger partial charge in [0.15, 0.2) is 0 Å². The number of hydrogen-bond donors (Lipinski definition) is 1. The van der Waals surface area contributed by atoms with Crippen LogP contribution in [0.5, 0.6) is 0 Å². The first kappa shape index (κ1) is 23.8. The zero-order valence-electron chi connectivity index (χ0n) is 17.7. The van der Waals surface area contributed by atoms with E-state index in [1.165, 1.54) is 0 Å². The molecular weight excluding hydrogens is 408 g/mol. The van der Waals surface area contributed by atoms with Crippen molar-refractivity contribution in [1.82, 2.24) is 10.2 Å². The standard InChI is InChI=1S/C20H26F4N2O4/c1-17(2,3)29-15(27)25-19(10-26(11-19)16(28)30-18(4,5)6)14-9-12(21)7-8-13(14)20(22,23)24/h7-9H,10-11H2,1-6H3,(H,25,27). The number of benzene rings is 1. The van der Waals surface area contributed by atoms with Gasteiger partial charge in [-0.1, -0.05) is 0 Å². The van der Waals surface area contributed by atoms with Gasteiger partial charge in [0.2, 0.25) is 0 Å². The summed E-state index contributed by atoms with van der Waals surface area (Å²) in [6.45, 7) is 9.03. The Morgan fingerprint density at radius 2 is 1.53 bits per heavy atom. The molecule has 0 aliphatic carbocycles. The topological polar surface area (TPSA) is 67.9 Å². The highest BCUT2D eigenvalue weighted by molar-refractivity contribution is 5.74. The predicted molar refractivity (Wildman–Crippen MR) is 100 cm³/mol. The van der Waals surface area contributed by atoms with Crippen molar-refractivity contribution in [3.05, 3.63) is 35.1 Å². The molecule has 1 aromatic carbocycles. The smallest absolute Gasteiger partial charge is 0.416 e. The summed E-state index contributed by atoms with van der Waals surface area (Å²) in [5.74, 6) is -0.904. The maximum absolute atomic E-state index is 13.9. The number of amides is 2. The Morgan fingerprint density at radius 3 is 2.00 bits per heavy atom. The second-order valence-corrected chi connectivity index (χ2v) is 9.23. The molecule has 168 valence electrons. The quantitative estimate of drug-likeness (QED) is 0.678. The van der Waals surface area contributed by atoms with Gasteiger partial charge in [0.1, 0.15) is 22.6 Å². The minimum atomic E-state index is -4.79. The molecule has 2 amide bonds. The van der Waals surface area contributed by atoms with Crippen molar-refractivity contribution in [2.24, 2.45) is 0 Å². The van der Waals surface area contributed by atoms with E-state index in [9.17, 15) is 27.2 Å². The number of ether oxygens (including phenoxy) is 2. The average Bonchev–Trinajstić information content (AvgIpc) is 2.45. The lowest BCUT2D eigenvalue weighted by Crippen LogP contribution is -2.70. The molecule has 2 rings (SSSR count). The molecule has 10 heteroatoms. The van der Waals surface area contributed by atoms with Crippen LogP contribution in [0.15, 0.2) is 18.2 Å². The number of hydrogen-bond acceptors (Lipinski definition) is 4. The van der Waals surface area contributed by atoms with E-state index in [-0.39, 0.29) is 13.1 Å². The van der Waals surface area contributed by atoms with E-state index < -0.39 is 52.0 Å². The number of carbonyl (C=O) groups is 2. The third kappa shape index (κ3) is 5.76. The van der Waals surface area contributed by atoms with E-state index in [1.807, 2.05) is 0 Å². The molecule has 0 saturated carbocycles. The second kappa shape index (κ2) is 7.63. The highest BCUT2D eigenvalue weighted by atomic mass is 19.4. The van der Waals surface area contributed by atoms with Gasteiger partial charge in [-0.25, -0.2) is 14.0 Å². The molecule has 30 heavy (non-hydrogen) atoms. The Hall–Kier alpha value is -2.52. The first-order chi connectivity index (χ1) is 13.4. The molecule has 0 radical (unpaired) electrons. The first-order valence-corrected chi connectivity index (χ1v) is 9.28. The largest absolute Gasteiger partial charge is 0.444 e. The normalized spacial score (nSPS) is 16.5. The number of likely N-dealkylation sites (tertiary alicyclic amines) is 1. The van der Waals surface area contributed by atoms with E-state index in [1.54, 1.807) is 41.5 Å². The number of carbonyl (C=O) groups excluding carboxylic acids is 2. The lowest BCUT2D eigenvalue weighted by molar-refractivity contribution is -0.139. The van der Waals surface area contributed by atoms with Crippen LogP contribution in [0, 0.1) is 5.82 Å². The van der Waals surface area contributed by atoms with E-state index in [4.69, 9.17) is 9.47 Å². The number of nitrogens with zero attached hydrogens (tertiary/aromatic N) is 1. The van der Waals surface area contributed by atoms with Gasteiger partial charge in [-0.15, -0.1) is 0 Å². The fourth-order valence-electron chi connectivity index (χ4n) is 3.04. The van der Waals surface area contributed by atoms with E-state index in [0.29, 0.717) is 18.2 Å². The van der Waals surface area contributed by atoms with Gasteiger partial charge in [-0.3, -0.25) is 0 Å². The number of alkyl carbamates (subject to hydrolysis) is 1. The molecule has 0 aromatic heterocycles. The highest BCUT2D eigenvalue weighted by Crippen LogP contribution is 2.41. The van der Waals surface area contributed by atoms with Crippen LogP contribution in [0.2, 0.25) is 0 Å². The number of halogens is 4. The van der Waals surface area contributed by atoms with Crippen LogP contribution in [0.1, 0.15) is 52.7 Å². The molecule has 6 nitrogen and oxygen atoms in total. The van der Waals surface area contributed by atoms with Crippen molar-refractivity contribution < 1.29 is 36.6 Å². The minimum Gasteiger partial charge on any atom is -0.444 e. The van der Waals surface area contributed by atoms with E-state index in [2.05, 4.69) is 5.32 Å². The van der Waals surface area contributed by atoms with Crippen molar-refractivity contribution >= 4 is 12.2 Å². The molecule has 0 atom stereocenters. The summed E-state index contributed by atoms with van der Waals surface area (Å²) in [6, 6.07) is 2.02. The first-order valence-electron chi connectivity index (χ1n) is 9.28. The van der Waals surface area contributed by atoms with Gasteiger partial charge in [0.05, 0.1) is 18.7 Å². The maximum atomic E-state index is 13.9. The van der Waals surface area contributed by atoms with Crippen molar-refractivity contribution in [3.8, 4) is 0 Å². The van der Waals surface area contributed by atoms with E-state index in [0.717, 1.165) is 4.90 Å². The number of alkyl halides is 3. The summed E-state index contributed by atoms with van der Waals surface area (Å²) in [5.41, 5.74) is -5.01. The third-order valence-electron chi connectivity index (χ3n) is 4.12. The summed E-state index contributed by atoms with van der Waals surface area (Å²) in [6.07, 6.45) is -6.53. The summed E-state index contributed by atoms with van der Waals surface area (Å²) >= 11 is 0. The molecular formula is C20H26F4N2O4. The minimum absolute atomic E-state index is 0.340. The third-order valence-corrected chi connectivity index (χ3v) is 4.12. The van der Waals surface area contributed by atoms with Crippen molar-refractivity contribution in [3.63, 3.8) is 0 Å². The Morgan fingerprint density at radius 1 is 1.00 bits per heavy atom. The number of rotatable bonds is 2. The van der Waals surface area contributed by atoms with Gasteiger partial charge >= 0.3 is 18.4 Å². The van der Waals surface area contributed by atoms with Crippen LogP contribution in [0.25, 0.3) is 0 Å². The number of nitrogens with one attached hydrogen (secondary N) is 1. The zero-order valence-corrected chi connectivity index (χ0v) is 17.7. The molecule has 0 bridgehead atoms. The Kier molecular flexibility index (Phi) is 6.04. The van der Waals surface area contributed by atoms with Crippen molar-refractivity contribution in [1.29, 1.82) is 0 Å². The fraction of sp³-hybridized carbons (Fsp3) is 0.600. The monoisotopic (exact) mass is 434 g/mol. The summed E-state index contributed by atoms with van der Waals surface area (Å²) in [5, 5.41) is 2.41. The average molecular weight is 434 g/mol. The summed E-state index contributed by atoms with van der Waals surface area (Å²) in [4.78, 5) is 25.8. The lowest BCUT2D eigenvalue weighted by Gasteiger charge is -2.50. The molecule has 1 aliphatic heterocycles. The Balaban J connectivity index is 2.42. The second-order valence-electron chi connectivity index (χ2n) is 9.23. The Bertz CT molecular complexity index is 820. The SMILES string of the molecule is CC(C)(C)OC(=O)NC1(c2cc(F)ccc2C(F)(F)F)CN(C(=O)OC(C)(C)C)C1. The van der Waals surface area contributed by atoms with Gasteiger partial charge in [0, 0.05) is 0 Å². The molecule has 1 saturated heterocycles. The van der Waals surface area contributed by atoms with Crippen molar-refractivity contribution in [2.75, 3.05) is 13.1 Å². The molecule has 1 heterocycles. The van der Waals surface area contributed by atoms with E-state index >= 15 is 0 Å². The Labute approximate surface area is 172 Å². The molecule has 1 fully saturated rings. The molecule has 1 N–H and O–H groups in total.